The van der Waals surface area contributed by atoms with E-state index in [9.17, 15) is 9.90 Å². The molecule has 5 heteroatoms. The number of carbonyl (C=O) groups is 1. The van der Waals surface area contributed by atoms with Crippen molar-refractivity contribution in [3.05, 3.63) is 52.0 Å². The quantitative estimate of drug-likeness (QED) is 0.725. The van der Waals surface area contributed by atoms with Gasteiger partial charge in [-0.1, -0.05) is 6.07 Å². The molecule has 0 fully saturated rings. The Kier molecular flexibility index (Phi) is 3.84. The predicted octanol–water partition coefficient (Wildman–Crippen LogP) is 3.77. The second-order valence-electron chi connectivity index (χ2n) is 4.99. The number of halogens is 1. The van der Waals surface area contributed by atoms with E-state index in [1.807, 2.05) is 12.1 Å². The summed E-state index contributed by atoms with van der Waals surface area (Å²) in [5, 5.41) is 16.0. The third-order valence-electron chi connectivity index (χ3n) is 3.54. The van der Waals surface area contributed by atoms with Crippen molar-refractivity contribution in [2.24, 2.45) is 0 Å². The Morgan fingerprint density at radius 3 is 3.00 bits per heavy atom. The fourth-order valence-corrected chi connectivity index (χ4v) is 2.79. The number of aromatic hydroxyl groups is 1. The Morgan fingerprint density at radius 1 is 1.29 bits per heavy atom. The number of carbonyl (C=O) groups excluding carboxylic acids is 1. The molecule has 108 valence electrons. The Bertz CT molecular complexity index is 701. The molecule has 3 N–H and O–H groups in total. The number of phenols is 1. The molecule has 1 aliphatic heterocycles. The smallest absolute Gasteiger partial charge is 0.255 e. The number of amides is 1. The summed E-state index contributed by atoms with van der Waals surface area (Å²) < 4.78 is 0.551. The van der Waals surface area contributed by atoms with E-state index in [2.05, 4.69) is 26.6 Å². The second kappa shape index (κ2) is 5.77. The Balaban J connectivity index is 1.84. The fourth-order valence-electron chi connectivity index (χ4n) is 2.43. The number of benzene rings is 2. The van der Waals surface area contributed by atoms with E-state index in [0.717, 1.165) is 30.6 Å². The summed E-state index contributed by atoms with van der Waals surface area (Å²) >= 11 is 3.23. The lowest BCUT2D eigenvalue weighted by atomic mass is 10.0. The number of aryl methyl sites for hydroxylation is 1. The SMILES string of the molecule is O=C(Nc1cccc(Br)c1O)c1ccc2c(c1)CCCN2. The Morgan fingerprint density at radius 2 is 2.14 bits per heavy atom. The topological polar surface area (TPSA) is 61.4 Å². The molecule has 0 atom stereocenters. The van der Waals surface area contributed by atoms with E-state index >= 15 is 0 Å². The molecular weight excluding hydrogens is 332 g/mol. The molecule has 0 saturated carbocycles. The van der Waals surface area contributed by atoms with Crippen LogP contribution in [0.4, 0.5) is 11.4 Å². The van der Waals surface area contributed by atoms with Crippen molar-refractivity contribution in [1.29, 1.82) is 0 Å². The van der Waals surface area contributed by atoms with Gasteiger partial charge in [0.05, 0.1) is 10.2 Å². The van der Waals surface area contributed by atoms with Crippen LogP contribution in [0.3, 0.4) is 0 Å². The molecule has 0 spiro atoms. The summed E-state index contributed by atoms with van der Waals surface area (Å²) in [4.78, 5) is 12.3. The first-order chi connectivity index (χ1) is 10.1. The van der Waals surface area contributed by atoms with Crippen molar-refractivity contribution in [3.63, 3.8) is 0 Å². The van der Waals surface area contributed by atoms with E-state index in [1.54, 1.807) is 24.3 Å². The van der Waals surface area contributed by atoms with Gasteiger partial charge in [0.15, 0.2) is 5.75 Å². The van der Waals surface area contributed by atoms with Gasteiger partial charge in [-0.15, -0.1) is 0 Å². The van der Waals surface area contributed by atoms with Gasteiger partial charge in [-0.05, 0) is 64.7 Å². The van der Waals surface area contributed by atoms with Crippen LogP contribution in [-0.2, 0) is 6.42 Å². The zero-order chi connectivity index (χ0) is 14.8. The molecule has 0 aromatic heterocycles. The van der Waals surface area contributed by atoms with Crippen LogP contribution in [0.25, 0.3) is 0 Å². The Labute approximate surface area is 131 Å². The minimum atomic E-state index is -0.225. The number of nitrogens with one attached hydrogen (secondary N) is 2. The largest absolute Gasteiger partial charge is 0.505 e. The molecule has 21 heavy (non-hydrogen) atoms. The second-order valence-corrected chi connectivity index (χ2v) is 5.85. The zero-order valence-electron chi connectivity index (χ0n) is 11.3. The van der Waals surface area contributed by atoms with Crippen LogP contribution in [0.5, 0.6) is 5.75 Å². The number of phenolic OH excluding ortho intramolecular Hbond substituents is 1. The maximum atomic E-state index is 12.3. The first kappa shape index (κ1) is 13.9. The fraction of sp³-hybridized carbons (Fsp3) is 0.188. The van der Waals surface area contributed by atoms with Crippen LogP contribution in [0.2, 0.25) is 0 Å². The number of anilines is 2. The van der Waals surface area contributed by atoms with Gasteiger partial charge in [0.25, 0.3) is 5.91 Å². The highest BCUT2D eigenvalue weighted by Gasteiger charge is 2.14. The maximum Gasteiger partial charge on any atom is 0.255 e. The van der Waals surface area contributed by atoms with E-state index in [1.165, 1.54) is 0 Å². The number of hydrogen-bond donors (Lipinski definition) is 3. The molecule has 0 aliphatic carbocycles. The molecule has 0 radical (unpaired) electrons. The monoisotopic (exact) mass is 346 g/mol. The van der Waals surface area contributed by atoms with Gasteiger partial charge >= 0.3 is 0 Å². The van der Waals surface area contributed by atoms with Crippen molar-refractivity contribution in [3.8, 4) is 5.75 Å². The molecule has 4 nitrogen and oxygen atoms in total. The van der Waals surface area contributed by atoms with Crippen LogP contribution in [0.15, 0.2) is 40.9 Å². The first-order valence-corrected chi connectivity index (χ1v) is 7.60. The van der Waals surface area contributed by atoms with E-state index < -0.39 is 0 Å². The van der Waals surface area contributed by atoms with Crippen molar-refractivity contribution < 1.29 is 9.90 Å². The van der Waals surface area contributed by atoms with Crippen molar-refractivity contribution in [2.75, 3.05) is 17.2 Å². The molecule has 0 saturated heterocycles. The molecule has 2 aromatic rings. The summed E-state index contributed by atoms with van der Waals surface area (Å²) in [7, 11) is 0. The highest BCUT2D eigenvalue weighted by atomic mass is 79.9. The first-order valence-electron chi connectivity index (χ1n) is 6.81. The van der Waals surface area contributed by atoms with Crippen LogP contribution in [-0.4, -0.2) is 17.6 Å². The average Bonchev–Trinajstić information content (AvgIpc) is 2.51. The van der Waals surface area contributed by atoms with Crippen molar-refractivity contribution in [2.45, 2.75) is 12.8 Å². The minimum Gasteiger partial charge on any atom is -0.505 e. The highest BCUT2D eigenvalue weighted by Crippen LogP contribution is 2.32. The summed E-state index contributed by atoms with van der Waals surface area (Å²) in [6.07, 6.45) is 2.05. The standard InChI is InChI=1S/C16H15BrN2O2/c17-12-4-1-5-14(15(12)20)19-16(21)11-6-7-13-10(9-11)3-2-8-18-13/h1,4-7,9,18,20H,2-3,8H2,(H,19,21). The lowest BCUT2D eigenvalue weighted by Crippen LogP contribution is -2.15. The average molecular weight is 347 g/mol. The normalized spacial score (nSPS) is 13.2. The van der Waals surface area contributed by atoms with Gasteiger partial charge in [0, 0.05) is 17.8 Å². The third kappa shape index (κ3) is 2.88. The third-order valence-corrected chi connectivity index (χ3v) is 4.18. The molecule has 1 aliphatic rings. The molecule has 3 rings (SSSR count). The summed E-state index contributed by atoms with van der Waals surface area (Å²) in [6, 6.07) is 10.8. The van der Waals surface area contributed by atoms with Gasteiger partial charge in [-0.2, -0.15) is 0 Å². The summed E-state index contributed by atoms with van der Waals surface area (Å²) in [5.74, 6) is -0.192. The lowest BCUT2D eigenvalue weighted by molar-refractivity contribution is 0.102. The molecule has 2 aromatic carbocycles. The van der Waals surface area contributed by atoms with Gasteiger partial charge in [-0.3, -0.25) is 4.79 Å². The summed E-state index contributed by atoms with van der Waals surface area (Å²) in [6.45, 7) is 0.977. The summed E-state index contributed by atoms with van der Waals surface area (Å²) in [5.41, 5.74) is 3.25. The van der Waals surface area contributed by atoms with Crippen molar-refractivity contribution in [1.82, 2.24) is 0 Å². The van der Waals surface area contributed by atoms with Crippen LogP contribution >= 0.6 is 15.9 Å². The number of hydrogen-bond acceptors (Lipinski definition) is 3. The van der Waals surface area contributed by atoms with Crippen LogP contribution in [0.1, 0.15) is 22.3 Å². The van der Waals surface area contributed by atoms with Gasteiger partial charge in [-0.25, -0.2) is 0 Å². The maximum absolute atomic E-state index is 12.3. The predicted molar refractivity (Wildman–Crippen MR) is 87.0 cm³/mol. The number of fused-ring (bicyclic) bond motifs is 1. The van der Waals surface area contributed by atoms with E-state index in [-0.39, 0.29) is 11.7 Å². The lowest BCUT2D eigenvalue weighted by Gasteiger charge is -2.18. The Hall–Kier alpha value is -2.01. The van der Waals surface area contributed by atoms with Crippen LogP contribution in [0, 0.1) is 0 Å². The van der Waals surface area contributed by atoms with E-state index in [0.29, 0.717) is 15.7 Å². The van der Waals surface area contributed by atoms with Crippen LogP contribution < -0.4 is 10.6 Å². The minimum absolute atomic E-state index is 0.0328. The zero-order valence-corrected chi connectivity index (χ0v) is 12.9. The molecule has 1 heterocycles. The molecule has 0 unspecified atom stereocenters. The number of rotatable bonds is 2. The van der Waals surface area contributed by atoms with Crippen molar-refractivity contribution >= 4 is 33.2 Å². The van der Waals surface area contributed by atoms with Gasteiger partial charge in [0.1, 0.15) is 0 Å². The molecule has 1 amide bonds. The number of para-hydroxylation sites is 1. The van der Waals surface area contributed by atoms with Gasteiger partial charge < -0.3 is 15.7 Å². The molecule has 0 bridgehead atoms. The molecular formula is C16H15BrN2O2. The highest BCUT2D eigenvalue weighted by molar-refractivity contribution is 9.10. The van der Waals surface area contributed by atoms with Gasteiger partial charge in [0.2, 0.25) is 0 Å². The van der Waals surface area contributed by atoms with E-state index in [4.69, 9.17) is 0 Å².